The van der Waals surface area contributed by atoms with Crippen molar-refractivity contribution in [3.05, 3.63) is 71.7 Å². The lowest BCUT2D eigenvalue weighted by molar-refractivity contribution is -0.137. The highest BCUT2D eigenvalue weighted by Crippen LogP contribution is 2.36. The fourth-order valence-corrected chi connectivity index (χ4v) is 4.00. The molecule has 0 bridgehead atoms. The minimum Gasteiger partial charge on any atom is -0.475 e. The van der Waals surface area contributed by atoms with E-state index in [1.165, 1.54) is 6.21 Å². The van der Waals surface area contributed by atoms with Crippen molar-refractivity contribution in [3.63, 3.8) is 0 Å². The zero-order valence-corrected chi connectivity index (χ0v) is 20.6. The van der Waals surface area contributed by atoms with Crippen molar-refractivity contribution in [1.29, 1.82) is 0 Å². The number of amides is 1. The molecule has 1 saturated heterocycles. The number of alkyl halides is 5. The molecule has 0 aromatic carbocycles. The summed E-state index contributed by atoms with van der Waals surface area (Å²) in [5.74, 6) is -4.71. The van der Waals surface area contributed by atoms with Crippen molar-refractivity contribution in [2.24, 2.45) is 10.9 Å². The number of halogens is 5. The first-order chi connectivity index (χ1) is 17.3. The first-order valence-electron chi connectivity index (χ1n) is 11.5. The standard InChI is InChI=1S/C26H27F5N4O2/c1-5-6-11-32-18(4)20-9-7-17(3)34-23(20)24(36)35-15-25(27,28)12-16(2)21(35)14-37-22-10-8-19(13-33-22)26(29,30)31/h5-11,13,16,21H,4,12,14-15H2,1-3H3/b6-5-,32-11-/t16-,21?/m1/s1. The predicted molar refractivity (Wildman–Crippen MR) is 130 cm³/mol. The number of aryl methyl sites for hydroxylation is 1. The summed E-state index contributed by atoms with van der Waals surface area (Å²) in [6.07, 6.45) is 0.492. The predicted octanol–water partition coefficient (Wildman–Crippen LogP) is 5.99. The van der Waals surface area contributed by atoms with E-state index in [1.54, 1.807) is 45.1 Å². The Balaban J connectivity index is 1.90. The second-order valence-electron chi connectivity index (χ2n) is 8.83. The SMILES string of the molecule is C=C(/N=C\C=C/C)c1ccc(C)nc1C(=O)N1CC(F)(F)C[C@@H](C)C1COc1ccc(C(F)(F)F)cn1. The van der Waals surface area contributed by atoms with E-state index >= 15 is 0 Å². The number of nitrogens with zero attached hydrogens (tertiary/aromatic N) is 4. The van der Waals surface area contributed by atoms with E-state index < -0.39 is 48.5 Å². The van der Waals surface area contributed by atoms with Crippen molar-refractivity contribution >= 4 is 17.8 Å². The Morgan fingerprint density at radius 2 is 2.03 bits per heavy atom. The van der Waals surface area contributed by atoms with Crippen LogP contribution in [0.3, 0.4) is 0 Å². The number of likely N-dealkylation sites (tertiary alicyclic amines) is 1. The largest absolute Gasteiger partial charge is 0.475 e. The molecule has 3 rings (SSSR count). The number of hydrogen-bond donors (Lipinski definition) is 0. The molecule has 1 aliphatic rings. The second-order valence-corrected chi connectivity index (χ2v) is 8.83. The Kier molecular flexibility index (Phi) is 8.45. The number of hydrogen-bond acceptors (Lipinski definition) is 5. The Bertz CT molecular complexity index is 1190. The van der Waals surface area contributed by atoms with Gasteiger partial charge in [-0.25, -0.2) is 18.7 Å². The first-order valence-corrected chi connectivity index (χ1v) is 11.5. The van der Waals surface area contributed by atoms with Crippen molar-refractivity contribution in [3.8, 4) is 5.88 Å². The van der Waals surface area contributed by atoms with Crippen LogP contribution in [0.4, 0.5) is 22.0 Å². The van der Waals surface area contributed by atoms with E-state index in [-0.39, 0.29) is 23.9 Å². The molecule has 0 aliphatic carbocycles. The third-order valence-electron chi connectivity index (χ3n) is 5.86. The van der Waals surface area contributed by atoms with Crippen molar-refractivity contribution in [2.45, 2.75) is 45.3 Å². The minimum atomic E-state index is -4.56. The fraction of sp³-hybridized carbons (Fsp3) is 0.385. The van der Waals surface area contributed by atoms with Crippen LogP contribution in [-0.2, 0) is 6.18 Å². The highest BCUT2D eigenvalue weighted by molar-refractivity contribution is 5.98. The van der Waals surface area contributed by atoms with E-state index in [4.69, 9.17) is 4.74 Å². The maximum Gasteiger partial charge on any atom is 0.417 e. The van der Waals surface area contributed by atoms with Gasteiger partial charge in [0.15, 0.2) is 0 Å². The quantitative estimate of drug-likeness (QED) is 0.331. The van der Waals surface area contributed by atoms with E-state index in [1.807, 2.05) is 0 Å². The Morgan fingerprint density at radius 1 is 1.30 bits per heavy atom. The van der Waals surface area contributed by atoms with Gasteiger partial charge in [-0.1, -0.05) is 19.6 Å². The van der Waals surface area contributed by atoms with Gasteiger partial charge in [0.05, 0.1) is 23.8 Å². The van der Waals surface area contributed by atoms with E-state index in [0.29, 0.717) is 17.5 Å². The number of allylic oxidation sites excluding steroid dienone is 2. The van der Waals surface area contributed by atoms with Crippen molar-refractivity contribution in [1.82, 2.24) is 14.9 Å². The Labute approximate surface area is 211 Å². The van der Waals surface area contributed by atoms with Gasteiger partial charge < -0.3 is 9.64 Å². The Hall–Kier alpha value is -3.63. The van der Waals surface area contributed by atoms with Crippen LogP contribution >= 0.6 is 0 Å². The van der Waals surface area contributed by atoms with Crippen molar-refractivity contribution in [2.75, 3.05) is 13.2 Å². The molecule has 6 nitrogen and oxygen atoms in total. The maximum absolute atomic E-state index is 14.6. The summed E-state index contributed by atoms with van der Waals surface area (Å²) in [6.45, 7) is 7.79. The van der Waals surface area contributed by atoms with Gasteiger partial charge in [-0.3, -0.25) is 9.79 Å². The summed E-state index contributed by atoms with van der Waals surface area (Å²) in [4.78, 5) is 26.8. The van der Waals surface area contributed by atoms with Crippen LogP contribution in [0.2, 0.25) is 0 Å². The number of rotatable bonds is 7. The van der Waals surface area contributed by atoms with Gasteiger partial charge in [0.2, 0.25) is 5.88 Å². The van der Waals surface area contributed by atoms with Gasteiger partial charge in [0, 0.05) is 36.2 Å². The molecule has 3 heterocycles. The maximum atomic E-state index is 14.6. The molecular weight excluding hydrogens is 495 g/mol. The van der Waals surface area contributed by atoms with Crippen LogP contribution in [0.5, 0.6) is 5.88 Å². The van der Waals surface area contributed by atoms with E-state index in [9.17, 15) is 26.7 Å². The third-order valence-corrected chi connectivity index (χ3v) is 5.86. The molecule has 0 saturated carbocycles. The summed E-state index contributed by atoms with van der Waals surface area (Å²) >= 11 is 0. The number of ether oxygens (including phenoxy) is 1. The summed E-state index contributed by atoms with van der Waals surface area (Å²) in [5.41, 5.74) is -0.00622. The zero-order valence-electron chi connectivity index (χ0n) is 20.6. The highest BCUT2D eigenvalue weighted by Gasteiger charge is 2.47. The topological polar surface area (TPSA) is 67.7 Å². The molecule has 1 amide bonds. The number of carbonyl (C=O) groups is 1. The van der Waals surface area contributed by atoms with Crippen LogP contribution in [0, 0.1) is 12.8 Å². The average molecular weight is 523 g/mol. The normalized spacial score (nSPS) is 19.9. The van der Waals surface area contributed by atoms with E-state index in [2.05, 4.69) is 21.5 Å². The lowest BCUT2D eigenvalue weighted by Crippen LogP contribution is -2.57. The number of pyridine rings is 2. The lowest BCUT2D eigenvalue weighted by Gasteiger charge is -2.43. The van der Waals surface area contributed by atoms with Crippen LogP contribution in [0.15, 0.2) is 54.2 Å². The van der Waals surface area contributed by atoms with Gasteiger partial charge in [0.25, 0.3) is 11.8 Å². The number of aromatic nitrogens is 2. The average Bonchev–Trinajstić information content (AvgIpc) is 2.82. The smallest absolute Gasteiger partial charge is 0.417 e. The Morgan fingerprint density at radius 3 is 2.65 bits per heavy atom. The monoisotopic (exact) mass is 522 g/mol. The first kappa shape index (κ1) is 27.9. The van der Waals surface area contributed by atoms with Crippen LogP contribution in [-0.4, -0.2) is 52.1 Å². The third kappa shape index (κ3) is 6.99. The molecule has 2 atom stereocenters. The van der Waals surface area contributed by atoms with Gasteiger partial charge in [-0.2, -0.15) is 13.2 Å². The molecule has 37 heavy (non-hydrogen) atoms. The van der Waals surface area contributed by atoms with Crippen LogP contribution in [0.1, 0.15) is 47.6 Å². The molecule has 1 fully saturated rings. The van der Waals surface area contributed by atoms with Crippen LogP contribution in [0.25, 0.3) is 5.70 Å². The number of aliphatic imine (C=N–C) groups is 1. The van der Waals surface area contributed by atoms with Gasteiger partial charge in [-0.05, 0) is 44.0 Å². The van der Waals surface area contributed by atoms with Gasteiger partial charge in [-0.15, -0.1) is 0 Å². The molecule has 0 spiro atoms. The molecule has 1 aliphatic heterocycles. The molecule has 2 aromatic heterocycles. The molecule has 11 heteroatoms. The summed E-state index contributed by atoms with van der Waals surface area (Å²) in [6, 6.07) is 4.31. The molecule has 198 valence electrons. The fourth-order valence-electron chi connectivity index (χ4n) is 4.00. The van der Waals surface area contributed by atoms with Crippen LogP contribution < -0.4 is 4.74 Å². The van der Waals surface area contributed by atoms with Crippen molar-refractivity contribution < 1.29 is 31.5 Å². The van der Waals surface area contributed by atoms with Gasteiger partial charge >= 0.3 is 6.18 Å². The van der Waals surface area contributed by atoms with E-state index in [0.717, 1.165) is 17.0 Å². The highest BCUT2D eigenvalue weighted by atomic mass is 19.4. The minimum absolute atomic E-state index is 0.0785. The number of piperidine rings is 1. The molecule has 0 N–H and O–H groups in total. The molecular formula is C26H27F5N4O2. The zero-order chi connectivity index (χ0) is 27.4. The lowest BCUT2D eigenvalue weighted by atomic mass is 9.88. The summed E-state index contributed by atoms with van der Waals surface area (Å²) in [7, 11) is 0. The molecule has 2 aromatic rings. The number of carbonyl (C=O) groups excluding carboxylic acids is 1. The summed E-state index contributed by atoms with van der Waals surface area (Å²) < 4.78 is 73.2. The summed E-state index contributed by atoms with van der Waals surface area (Å²) in [5, 5.41) is 0. The molecule has 1 unspecified atom stereocenters. The molecule has 0 radical (unpaired) electrons. The van der Waals surface area contributed by atoms with Gasteiger partial charge in [0.1, 0.15) is 12.3 Å². The second kappa shape index (κ2) is 11.2.